The summed E-state index contributed by atoms with van der Waals surface area (Å²) in [6, 6.07) is 5.16. The molecule has 0 aliphatic heterocycles. The van der Waals surface area contributed by atoms with Crippen molar-refractivity contribution in [3.8, 4) is 0 Å². The average molecular weight is 371 g/mol. The molecule has 0 saturated heterocycles. The van der Waals surface area contributed by atoms with Crippen molar-refractivity contribution in [3.05, 3.63) is 29.3 Å². The lowest BCUT2D eigenvalue weighted by atomic mass is 9.86. The predicted molar refractivity (Wildman–Crippen MR) is 104 cm³/mol. The summed E-state index contributed by atoms with van der Waals surface area (Å²) in [5.74, 6) is -1.38. The molecule has 1 fully saturated rings. The first kappa shape index (κ1) is 19.4. The normalized spacial score (nSPS) is 22.4. The summed E-state index contributed by atoms with van der Waals surface area (Å²) in [6.45, 7) is 3.67. The molecule has 146 valence electrons. The molecule has 6 heteroatoms. The Labute approximate surface area is 160 Å². The minimum Gasteiger partial charge on any atom is -0.345 e. The van der Waals surface area contributed by atoms with Gasteiger partial charge < -0.3 is 16.0 Å². The molecule has 0 radical (unpaired) electrons. The monoisotopic (exact) mass is 371 g/mol. The molecule has 3 amide bonds. The van der Waals surface area contributed by atoms with Crippen LogP contribution in [0.5, 0.6) is 0 Å². The highest BCUT2D eigenvalue weighted by Gasteiger charge is 2.27. The van der Waals surface area contributed by atoms with Gasteiger partial charge in [-0.05, 0) is 68.2 Å². The molecule has 3 N–H and O–H groups in total. The van der Waals surface area contributed by atoms with Crippen molar-refractivity contribution in [1.29, 1.82) is 0 Å². The van der Waals surface area contributed by atoms with E-state index in [1.54, 1.807) is 6.92 Å². The smallest absolute Gasteiger partial charge is 0.309 e. The van der Waals surface area contributed by atoms with E-state index in [1.165, 1.54) is 17.5 Å². The minimum absolute atomic E-state index is 0.0348. The number of carbonyl (C=O) groups excluding carboxylic acids is 3. The van der Waals surface area contributed by atoms with Gasteiger partial charge in [-0.2, -0.15) is 0 Å². The van der Waals surface area contributed by atoms with Gasteiger partial charge in [-0.25, -0.2) is 0 Å². The van der Waals surface area contributed by atoms with Gasteiger partial charge in [-0.1, -0.05) is 25.8 Å². The third-order valence-electron chi connectivity index (χ3n) is 5.74. The first-order chi connectivity index (χ1) is 12.9. The number of benzene rings is 1. The van der Waals surface area contributed by atoms with Crippen LogP contribution in [0.4, 0.5) is 5.69 Å². The molecule has 0 spiro atoms. The molecule has 0 heterocycles. The molecule has 6 nitrogen and oxygen atoms in total. The van der Waals surface area contributed by atoms with Crippen molar-refractivity contribution in [2.24, 2.45) is 5.92 Å². The number of anilines is 1. The second-order valence-corrected chi connectivity index (χ2v) is 7.86. The van der Waals surface area contributed by atoms with Gasteiger partial charge in [0.15, 0.2) is 0 Å². The standard InChI is InChI=1S/C21H29N3O3/c1-13-6-3-4-9-18(13)24-21(27)20(26)22-14(2)19(25)23-17-11-10-15-7-5-8-16(15)12-17/h10-14,18H,3-9H2,1-2H3,(H,22,26)(H,23,25)(H,24,27)/t13-,14+,18+/m1/s1. The summed E-state index contributed by atoms with van der Waals surface area (Å²) in [5, 5.41) is 8.12. The number of fused-ring (bicyclic) bond motifs is 1. The van der Waals surface area contributed by atoms with E-state index in [9.17, 15) is 14.4 Å². The SMILES string of the molecule is C[C@H](NC(=O)C(=O)N[C@H]1CCCC[C@H]1C)C(=O)Nc1ccc2c(c1)CCC2. The van der Waals surface area contributed by atoms with Crippen LogP contribution < -0.4 is 16.0 Å². The lowest BCUT2D eigenvalue weighted by Gasteiger charge is -2.29. The van der Waals surface area contributed by atoms with E-state index in [0.717, 1.165) is 44.2 Å². The fourth-order valence-electron chi connectivity index (χ4n) is 3.99. The Morgan fingerprint density at radius 3 is 2.52 bits per heavy atom. The van der Waals surface area contributed by atoms with Crippen LogP contribution in [0.1, 0.15) is 57.1 Å². The number of rotatable bonds is 4. The molecule has 3 atom stereocenters. The van der Waals surface area contributed by atoms with E-state index in [-0.39, 0.29) is 11.9 Å². The van der Waals surface area contributed by atoms with Gasteiger partial charge in [0.05, 0.1) is 0 Å². The van der Waals surface area contributed by atoms with Crippen molar-refractivity contribution < 1.29 is 14.4 Å². The molecule has 2 aliphatic rings. The van der Waals surface area contributed by atoms with E-state index in [0.29, 0.717) is 5.92 Å². The molecule has 2 aliphatic carbocycles. The number of hydrogen-bond donors (Lipinski definition) is 3. The van der Waals surface area contributed by atoms with Gasteiger partial charge >= 0.3 is 11.8 Å². The molecule has 1 aromatic rings. The van der Waals surface area contributed by atoms with Crippen LogP contribution in [-0.2, 0) is 27.2 Å². The quantitative estimate of drug-likeness (QED) is 0.710. The van der Waals surface area contributed by atoms with E-state index in [1.807, 2.05) is 18.2 Å². The first-order valence-electron chi connectivity index (χ1n) is 9.98. The minimum atomic E-state index is -0.791. The first-order valence-corrected chi connectivity index (χ1v) is 9.98. The van der Waals surface area contributed by atoms with Crippen LogP contribution in [0.2, 0.25) is 0 Å². The molecule has 1 saturated carbocycles. The van der Waals surface area contributed by atoms with Crippen molar-refractivity contribution in [1.82, 2.24) is 10.6 Å². The van der Waals surface area contributed by atoms with Crippen molar-refractivity contribution >= 4 is 23.4 Å². The van der Waals surface area contributed by atoms with Crippen LogP contribution >= 0.6 is 0 Å². The number of hydrogen-bond acceptors (Lipinski definition) is 3. The zero-order valence-electron chi connectivity index (χ0n) is 16.1. The summed E-state index contributed by atoms with van der Waals surface area (Å²) >= 11 is 0. The molecule has 1 aromatic carbocycles. The van der Waals surface area contributed by atoms with Gasteiger partial charge in [-0.15, -0.1) is 0 Å². The Kier molecular flexibility index (Phi) is 6.14. The maximum absolute atomic E-state index is 12.4. The number of aryl methyl sites for hydroxylation is 2. The topological polar surface area (TPSA) is 87.3 Å². The third-order valence-corrected chi connectivity index (χ3v) is 5.74. The molecule has 0 bridgehead atoms. The Bertz CT molecular complexity index is 731. The average Bonchev–Trinajstić information content (AvgIpc) is 3.11. The van der Waals surface area contributed by atoms with Crippen molar-refractivity contribution in [2.45, 2.75) is 70.9 Å². The molecule has 0 unspecified atom stereocenters. The fourth-order valence-corrected chi connectivity index (χ4v) is 3.99. The summed E-state index contributed by atoms with van der Waals surface area (Å²) in [4.78, 5) is 36.6. The van der Waals surface area contributed by atoms with E-state index in [2.05, 4.69) is 22.9 Å². The Hall–Kier alpha value is -2.37. The van der Waals surface area contributed by atoms with Gasteiger partial charge in [0, 0.05) is 11.7 Å². The highest BCUT2D eigenvalue weighted by Crippen LogP contribution is 2.25. The van der Waals surface area contributed by atoms with Crippen LogP contribution in [0, 0.1) is 5.92 Å². The summed E-state index contributed by atoms with van der Waals surface area (Å²) in [5.41, 5.74) is 3.33. The number of amides is 3. The predicted octanol–water partition coefficient (Wildman–Crippen LogP) is 2.31. The van der Waals surface area contributed by atoms with E-state index >= 15 is 0 Å². The maximum atomic E-state index is 12.4. The van der Waals surface area contributed by atoms with Gasteiger partial charge in [-0.3, -0.25) is 14.4 Å². The molecular formula is C21H29N3O3. The van der Waals surface area contributed by atoms with Crippen LogP contribution in [0.25, 0.3) is 0 Å². The highest BCUT2D eigenvalue weighted by molar-refractivity contribution is 6.35. The highest BCUT2D eigenvalue weighted by atomic mass is 16.2. The fraction of sp³-hybridized carbons (Fsp3) is 0.571. The van der Waals surface area contributed by atoms with Crippen LogP contribution in [-0.4, -0.2) is 29.8 Å². The van der Waals surface area contributed by atoms with E-state index < -0.39 is 17.9 Å². The largest absolute Gasteiger partial charge is 0.345 e. The lowest BCUT2D eigenvalue weighted by molar-refractivity contribution is -0.141. The van der Waals surface area contributed by atoms with E-state index in [4.69, 9.17) is 0 Å². The Morgan fingerprint density at radius 2 is 1.74 bits per heavy atom. The Morgan fingerprint density at radius 1 is 1.00 bits per heavy atom. The van der Waals surface area contributed by atoms with Crippen LogP contribution in [0.3, 0.4) is 0 Å². The maximum Gasteiger partial charge on any atom is 0.309 e. The zero-order valence-corrected chi connectivity index (χ0v) is 16.1. The lowest BCUT2D eigenvalue weighted by Crippen LogP contribution is -2.51. The summed E-state index contributed by atoms with van der Waals surface area (Å²) < 4.78 is 0. The van der Waals surface area contributed by atoms with Gasteiger partial charge in [0.2, 0.25) is 5.91 Å². The van der Waals surface area contributed by atoms with Crippen molar-refractivity contribution in [2.75, 3.05) is 5.32 Å². The van der Waals surface area contributed by atoms with Gasteiger partial charge in [0.1, 0.15) is 6.04 Å². The van der Waals surface area contributed by atoms with Gasteiger partial charge in [0.25, 0.3) is 0 Å². The molecule has 0 aromatic heterocycles. The summed E-state index contributed by atoms with van der Waals surface area (Å²) in [6.07, 6.45) is 7.46. The van der Waals surface area contributed by atoms with Crippen molar-refractivity contribution in [3.63, 3.8) is 0 Å². The zero-order chi connectivity index (χ0) is 19.4. The second kappa shape index (κ2) is 8.55. The third kappa shape index (κ3) is 4.87. The van der Waals surface area contributed by atoms with Crippen LogP contribution in [0.15, 0.2) is 18.2 Å². The molecular weight excluding hydrogens is 342 g/mol. The number of carbonyl (C=O) groups is 3. The Balaban J connectivity index is 1.49. The second-order valence-electron chi connectivity index (χ2n) is 7.86. The molecule has 27 heavy (non-hydrogen) atoms. The molecule has 3 rings (SSSR count). The number of nitrogens with one attached hydrogen (secondary N) is 3. The summed E-state index contributed by atoms with van der Waals surface area (Å²) in [7, 11) is 0.